The molecule has 0 bridgehead atoms. The zero-order valence-corrected chi connectivity index (χ0v) is 9.80. The van der Waals surface area contributed by atoms with Crippen LogP contribution in [0.2, 0.25) is 0 Å². The Bertz CT molecular complexity index is 514. The number of para-hydroxylation sites is 2. The molecule has 0 amide bonds. The SMILES string of the molecule is Nc1nc2ccccc2n1CCC1CCCO1. The molecule has 2 heterocycles. The third-order valence-corrected chi connectivity index (χ3v) is 3.38. The Labute approximate surface area is 100 Å². The Kier molecular flexibility index (Phi) is 2.73. The molecule has 17 heavy (non-hydrogen) atoms. The van der Waals surface area contributed by atoms with Gasteiger partial charge in [-0.15, -0.1) is 0 Å². The summed E-state index contributed by atoms with van der Waals surface area (Å²) < 4.78 is 7.71. The molecule has 3 rings (SSSR count). The molecule has 0 saturated carbocycles. The van der Waals surface area contributed by atoms with Crippen LogP contribution in [0.3, 0.4) is 0 Å². The minimum absolute atomic E-state index is 0.399. The molecule has 4 heteroatoms. The predicted molar refractivity (Wildman–Crippen MR) is 67.7 cm³/mol. The standard InChI is InChI=1S/C13H17N3O/c14-13-15-11-5-1-2-6-12(11)16(13)8-7-10-4-3-9-17-10/h1-2,5-6,10H,3-4,7-9H2,(H2,14,15). The van der Waals surface area contributed by atoms with Crippen molar-refractivity contribution in [2.24, 2.45) is 0 Å². The van der Waals surface area contributed by atoms with Crippen molar-refractivity contribution in [2.75, 3.05) is 12.3 Å². The summed E-state index contributed by atoms with van der Waals surface area (Å²) in [5.41, 5.74) is 8.03. The van der Waals surface area contributed by atoms with Crippen LogP contribution in [-0.4, -0.2) is 22.3 Å². The third kappa shape index (κ3) is 2.00. The van der Waals surface area contributed by atoms with Gasteiger partial charge in [0.15, 0.2) is 0 Å². The maximum atomic E-state index is 5.95. The van der Waals surface area contributed by atoms with Gasteiger partial charge in [-0.05, 0) is 31.4 Å². The molecule has 1 fully saturated rings. The highest BCUT2D eigenvalue weighted by atomic mass is 16.5. The maximum Gasteiger partial charge on any atom is 0.201 e. The number of benzene rings is 1. The van der Waals surface area contributed by atoms with Crippen LogP contribution in [0, 0.1) is 0 Å². The van der Waals surface area contributed by atoms with Gasteiger partial charge >= 0.3 is 0 Å². The van der Waals surface area contributed by atoms with Gasteiger partial charge in [-0.3, -0.25) is 0 Å². The van der Waals surface area contributed by atoms with Gasteiger partial charge in [-0.2, -0.15) is 0 Å². The van der Waals surface area contributed by atoms with Gasteiger partial charge in [0.2, 0.25) is 5.95 Å². The Balaban J connectivity index is 1.81. The first kappa shape index (κ1) is 10.6. The quantitative estimate of drug-likeness (QED) is 0.881. The number of nitrogens with two attached hydrogens (primary N) is 1. The molecule has 0 spiro atoms. The van der Waals surface area contributed by atoms with E-state index < -0.39 is 0 Å². The van der Waals surface area contributed by atoms with Crippen LogP contribution in [0.5, 0.6) is 0 Å². The van der Waals surface area contributed by atoms with Gasteiger partial charge < -0.3 is 15.0 Å². The minimum atomic E-state index is 0.399. The highest BCUT2D eigenvalue weighted by Crippen LogP contribution is 2.21. The number of fused-ring (bicyclic) bond motifs is 1. The number of hydrogen-bond acceptors (Lipinski definition) is 3. The van der Waals surface area contributed by atoms with E-state index in [2.05, 4.69) is 15.6 Å². The van der Waals surface area contributed by atoms with Crippen molar-refractivity contribution in [1.82, 2.24) is 9.55 Å². The largest absolute Gasteiger partial charge is 0.378 e. The average Bonchev–Trinajstić information content (AvgIpc) is 2.93. The van der Waals surface area contributed by atoms with Gasteiger partial charge in [0.1, 0.15) is 0 Å². The van der Waals surface area contributed by atoms with E-state index in [0.717, 1.165) is 30.6 Å². The summed E-state index contributed by atoms with van der Waals surface area (Å²) in [4.78, 5) is 4.36. The number of rotatable bonds is 3. The summed E-state index contributed by atoms with van der Waals surface area (Å²) in [7, 11) is 0. The molecule has 1 unspecified atom stereocenters. The number of aromatic nitrogens is 2. The fourth-order valence-electron chi connectivity index (χ4n) is 2.47. The van der Waals surface area contributed by atoms with E-state index in [-0.39, 0.29) is 0 Å². The first-order valence-corrected chi connectivity index (χ1v) is 6.17. The second kappa shape index (κ2) is 4.37. The van der Waals surface area contributed by atoms with Crippen molar-refractivity contribution >= 4 is 17.0 Å². The lowest BCUT2D eigenvalue weighted by Gasteiger charge is -2.11. The van der Waals surface area contributed by atoms with Crippen molar-refractivity contribution in [3.8, 4) is 0 Å². The summed E-state index contributed by atoms with van der Waals surface area (Å²) in [6.45, 7) is 1.79. The van der Waals surface area contributed by atoms with Crippen LogP contribution in [0.1, 0.15) is 19.3 Å². The minimum Gasteiger partial charge on any atom is -0.378 e. The second-order valence-electron chi connectivity index (χ2n) is 4.53. The number of aryl methyl sites for hydroxylation is 1. The number of hydrogen-bond donors (Lipinski definition) is 1. The molecule has 1 aliphatic heterocycles. The first-order chi connectivity index (χ1) is 8.34. The summed E-state index contributed by atoms with van der Waals surface area (Å²) in [5, 5.41) is 0. The Hall–Kier alpha value is -1.55. The fraction of sp³-hybridized carbons (Fsp3) is 0.462. The lowest BCUT2D eigenvalue weighted by molar-refractivity contribution is 0.101. The molecule has 1 atom stereocenters. The van der Waals surface area contributed by atoms with Crippen molar-refractivity contribution in [1.29, 1.82) is 0 Å². The number of ether oxygens (including phenoxy) is 1. The van der Waals surface area contributed by atoms with Gasteiger partial charge in [0, 0.05) is 13.2 Å². The number of anilines is 1. The van der Waals surface area contributed by atoms with E-state index in [1.807, 2.05) is 18.2 Å². The number of nitrogens with zero attached hydrogens (tertiary/aromatic N) is 2. The normalized spacial score (nSPS) is 20.1. The van der Waals surface area contributed by atoms with Crippen LogP contribution in [0.25, 0.3) is 11.0 Å². The predicted octanol–water partition coefficient (Wildman–Crippen LogP) is 2.19. The highest BCUT2D eigenvalue weighted by molar-refractivity contribution is 5.78. The zero-order chi connectivity index (χ0) is 11.7. The molecular weight excluding hydrogens is 214 g/mol. The second-order valence-corrected chi connectivity index (χ2v) is 4.53. The summed E-state index contributed by atoms with van der Waals surface area (Å²) in [5.74, 6) is 0.601. The summed E-state index contributed by atoms with van der Waals surface area (Å²) >= 11 is 0. The van der Waals surface area contributed by atoms with Crippen molar-refractivity contribution in [3.63, 3.8) is 0 Å². The molecule has 1 aromatic heterocycles. The monoisotopic (exact) mass is 231 g/mol. The van der Waals surface area contributed by atoms with Crippen LogP contribution >= 0.6 is 0 Å². The molecule has 1 aliphatic rings. The topological polar surface area (TPSA) is 53.1 Å². The van der Waals surface area contributed by atoms with E-state index in [4.69, 9.17) is 10.5 Å². The average molecular weight is 231 g/mol. The molecule has 4 nitrogen and oxygen atoms in total. The smallest absolute Gasteiger partial charge is 0.201 e. The molecular formula is C13H17N3O. The molecule has 2 N–H and O–H groups in total. The summed E-state index contributed by atoms with van der Waals surface area (Å²) in [6, 6.07) is 8.06. The van der Waals surface area contributed by atoms with E-state index >= 15 is 0 Å². The van der Waals surface area contributed by atoms with Crippen LogP contribution in [0.15, 0.2) is 24.3 Å². The maximum absolute atomic E-state index is 5.95. The Morgan fingerprint density at radius 1 is 1.41 bits per heavy atom. The summed E-state index contributed by atoms with van der Waals surface area (Å²) in [6.07, 6.45) is 3.78. The zero-order valence-electron chi connectivity index (χ0n) is 9.80. The van der Waals surface area contributed by atoms with Gasteiger partial charge in [-0.1, -0.05) is 12.1 Å². The molecule has 0 aliphatic carbocycles. The van der Waals surface area contributed by atoms with E-state index in [1.54, 1.807) is 0 Å². The number of imidazole rings is 1. The van der Waals surface area contributed by atoms with Crippen LogP contribution in [-0.2, 0) is 11.3 Å². The highest BCUT2D eigenvalue weighted by Gasteiger charge is 2.16. The van der Waals surface area contributed by atoms with E-state index in [0.29, 0.717) is 12.1 Å². The molecule has 0 radical (unpaired) electrons. The van der Waals surface area contributed by atoms with Gasteiger partial charge in [0.05, 0.1) is 17.1 Å². The van der Waals surface area contributed by atoms with Crippen LogP contribution < -0.4 is 5.73 Å². The lowest BCUT2D eigenvalue weighted by atomic mass is 10.2. The van der Waals surface area contributed by atoms with Gasteiger partial charge in [-0.25, -0.2) is 4.98 Å². The van der Waals surface area contributed by atoms with Crippen molar-refractivity contribution < 1.29 is 4.74 Å². The first-order valence-electron chi connectivity index (χ1n) is 6.17. The molecule has 1 aromatic carbocycles. The Morgan fingerprint density at radius 2 is 2.29 bits per heavy atom. The molecule has 90 valence electrons. The molecule has 2 aromatic rings. The van der Waals surface area contributed by atoms with Gasteiger partial charge in [0.25, 0.3) is 0 Å². The van der Waals surface area contributed by atoms with Crippen LogP contribution in [0.4, 0.5) is 5.95 Å². The van der Waals surface area contributed by atoms with E-state index in [9.17, 15) is 0 Å². The van der Waals surface area contributed by atoms with Crippen molar-refractivity contribution in [3.05, 3.63) is 24.3 Å². The Morgan fingerprint density at radius 3 is 3.12 bits per heavy atom. The van der Waals surface area contributed by atoms with E-state index in [1.165, 1.54) is 12.8 Å². The van der Waals surface area contributed by atoms with Crippen molar-refractivity contribution in [2.45, 2.75) is 31.9 Å². The lowest BCUT2D eigenvalue weighted by Crippen LogP contribution is -2.11. The number of nitrogen functional groups attached to an aromatic ring is 1. The fourth-order valence-corrected chi connectivity index (χ4v) is 2.47. The third-order valence-electron chi connectivity index (χ3n) is 3.38. The molecule has 1 saturated heterocycles.